The van der Waals surface area contributed by atoms with Crippen molar-refractivity contribution in [2.45, 2.75) is 49.0 Å². The lowest BCUT2D eigenvalue weighted by molar-refractivity contribution is 0.123. The van der Waals surface area contributed by atoms with Crippen LogP contribution in [0.25, 0.3) is 0 Å². The summed E-state index contributed by atoms with van der Waals surface area (Å²) in [6, 6.07) is 21.1. The van der Waals surface area contributed by atoms with E-state index in [0.717, 1.165) is 27.5 Å². The monoisotopic (exact) mass is 491 g/mol. The summed E-state index contributed by atoms with van der Waals surface area (Å²) in [5, 5.41) is 19.7. The van der Waals surface area contributed by atoms with Crippen molar-refractivity contribution in [1.82, 2.24) is 4.90 Å². The first-order chi connectivity index (χ1) is 17.0. The van der Waals surface area contributed by atoms with Crippen molar-refractivity contribution in [2.75, 3.05) is 19.7 Å². The molecule has 0 aliphatic carbocycles. The Bertz CT molecular complexity index is 1130. The highest BCUT2D eigenvalue weighted by Crippen LogP contribution is 2.54. The van der Waals surface area contributed by atoms with Crippen molar-refractivity contribution in [1.29, 1.82) is 0 Å². The molecule has 0 radical (unpaired) electrons. The number of phenols is 2. The largest absolute Gasteiger partial charge is 0.508 e. The molecule has 184 valence electrons. The highest BCUT2D eigenvalue weighted by atomic mass is 32.2. The third-order valence-electron chi connectivity index (χ3n) is 6.94. The Hall–Kier alpha value is -2.83. The predicted octanol–water partition coefficient (Wildman–Crippen LogP) is 6.56. The van der Waals surface area contributed by atoms with Crippen LogP contribution in [0.4, 0.5) is 0 Å². The highest BCUT2D eigenvalue weighted by Gasteiger charge is 2.34. The van der Waals surface area contributed by atoms with Gasteiger partial charge in [-0.25, -0.2) is 0 Å². The third kappa shape index (κ3) is 5.39. The first-order valence-electron chi connectivity index (χ1n) is 12.4. The number of aromatic hydroxyl groups is 2. The zero-order valence-corrected chi connectivity index (χ0v) is 21.1. The van der Waals surface area contributed by atoms with Gasteiger partial charge in [0.2, 0.25) is 0 Å². The summed E-state index contributed by atoms with van der Waals surface area (Å²) < 4.78 is 12.7. The number of benzene rings is 3. The zero-order chi connectivity index (χ0) is 24.4. The lowest BCUT2D eigenvalue weighted by Crippen LogP contribution is -2.41. The molecule has 5 nitrogen and oxygen atoms in total. The van der Waals surface area contributed by atoms with Crippen LogP contribution < -0.4 is 9.47 Å². The zero-order valence-electron chi connectivity index (χ0n) is 20.3. The Kier molecular flexibility index (Phi) is 7.12. The van der Waals surface area contributed by atoms with Gasteiger partial charge in [0.1, 0.15) is 35.7 Å². The lowest BCUT2D eigenvalue weighted by atomic mass is 10.00. The number of phenolic OH excluding ortho intramolecular Hbond substituents is 2. The number of ether oxygens (including phenoxy) is 2. The molecule has 0 unspecified atom stereocenters. The fourth-order valence-corrected chi connectivity index (χ4v) is 6.29. The summed E-state index contributed by atoms with van der Waals surface area (Å²) in [5.74, 6) is 2.64. The lowest BCUT2D eigenvalue weighted by Gasteiger charge is -2.34. The Morgan fingerprint density at radius 2 is 1.57 bits per heavy atom. The van der Waals surface area contributed by atoms with Gasteiger partial charge < -0.3 is 19.7 Å². The maximum absolute atomic E-state index is 9.97. The molecule has 3 atom stereocenters. The highest BCUT2D eigenvalue weighted by molar-refractivity contribution is 7.99. The molecule has 3 aromatic carbocycles. The fourth-order valence-electron chi connectivity index (χ4n) is 4.96. The van der Waals surface area contributed by atoms with E-state index in [1.54, 1.807) is 36.0 Å². The molecule has 3 aromatic rings. The smallest absolute Gasteiger partial charge is 0.140 e. The molecule has 0 bridgehead atoms. The van der Waals surface area contributed by atoms with E-state index in [1.807, 2.05) is 30.3 Å². The summed E-state index contributed by atoms with van der Waals surface area (Å²) in [6.45, 7) is 7.57. The van der Waals surface area contributed by atoms with E-state index in [0.29, 0.717) is 18.6 Å². The quantitative estimate of drug-likeness (QED) is 0.390. The van der Waals surface area contributed by atoms with Crippen LogP contribution in [0.15, 0.2) is 71.6 Å². The first-order valence-corrected chi connectivity index (χ1v) is 13.3. The van der Waals surface area contributed by atoms with E-state index in [4.69, 9.17) is 9.47 Å². The summed E-state index contributed by atoms with van der Waals surface area (Å²) >= 11 is 1.67. The van der Waals surface area contributed by atoms with Crippen molar-refractivity contribution in [3.05, 3.63) is 77.9 Å². The van der Waals surface area contributed by atoms with E-state index >= 15 is 0 Å². The molecule has 0 spiro atoms. The van der Waals surface area contributed by atoms with Crippen molar-refractivity contribution in [3.63, 3.8) is 0 Å². The molecule has 1 saturated heterocycles. The number of rotatable bonds is 7. The molecule has 2 aliphatic rings. The van der Waals surface area contributed by atoms with E-state index in [9.17, 15) is 10.2 Å². The molecule has 2 aliphatic heterocycles. The van der Waals surface area contributed by atoms with Gasteiger partial charge >= 0.3 is 0 Å². The van der Waals surface area contributed by atoms with E-state index < -0.39 is 0 Å². The maximum Gasteiger partial charge on any atom is 0.140 e. The Balaban J connectivity index is 1.35. The Morgan fingerprint density at radius 1 is 0.914 bits per heavy atom. The second kappa shape index (κ2) is 10.4. The second-order valence-corrected chi connectivity index (χ2v) is 10.9. The number of hydrogen-bond acceptors (Lipinski definition) is 6. The molecule has 0 amide bonds. The van der Waals surface area contributed by atoms with Gasteiger partial charge in [0.15, 0.2) is 0 Å². The fraction of sp³-hybridized carbons (Fsp3) is 0.379. The third-order valence-corrected chi connectivity index (χ3v) is 8.29. The molecule has 6 heteroatoms. The van der Waals surface area contributed by atoms with Crippen LogP contribution in [0.2, 0.25) is 0 Å². The summed E-state index contributed by atoms with van der Waals surface area (Å²) in [5.41, 5.74) is 2.11. The summed E-state index contributed by atoms with van der Waals surface area (Å²) in [4.78, 5) is 3.46. The molecule has 35 heavy (non-hydrogen) atoms. The first kappa shape index (κ1) is 23.9. The topological polar surface area (TPSA) is 62.2 Å². The molecule has 5 rings (SSSR count). The predicted molar refractivity (Wildman–Crippen MR) is 140 cm³/mol. The minimum atomic E-state index is -0.219. The van der Waals surface area contributed by atoms with Crippen LogP contribution in [-0.4, -0.2) is 40.9 Å². The van der Waals surface area contributed by atoms with Crippen LogP contribution in [0.3, 0.4) is 0 Å². The van der Waals surface area contributed by atoms with E-state index in [2.05, 4.69) is 30.9 Å². The summed E-state index contributed by atoms with van der Waals surface area (Å²) in [6.07, 6.45) is 2.34. The van der Waals surface area contributed by atoms with E-state index in [1.165, 1.54) is 25.9 Å². The van der Waals surface area contributed by atoms with Crippen LogP contribution in [0.1, 0.15) is 49.2 Å². The van der Waals surface area contributed by atoms with Gasteiger partial charge in [-0.2, -0.15) is 0 Å². The number of hydrogen-bond donors (Lipinski definition) is 2. The number of thioether (sulfide) groups is 1. The van der Waals surface area contributed by atoms with Gasteiger partial charge in [-0.3, -0.25) is 4.90 Å². The Labute approximate surface area is 211 Å². The normalized spacial score (nSPS) is 20.9. The average Bonchev–Trinajstić information content (AvgIpc) is 3.39. The molecule has 0 saturated carbocycles. The van der Waals surface area contributed by atoms with Gasteiger partial charge in [0.25, 0.3) is 0 Å². The van der Waals surface area contributed by atoms with Crippen molar-refractivity contribution in [2.24, 2.45) is 5.92 Å². The molecule has 2 heterocycles. The van der Waals surface area contributed by atoms with Crippen LogP contribution in [0.5, 0.6) is 23.0 Å². The van der Waals surface area contributed by atoms with Crippen molar-refractivity contribution in [3.8, 4) is 23.0 Å². The summed E-state index contributed by atoms with van der Waals surface area (Å²) in [7, 11) is 0. The molecule has 1 fully saturated rings. The van der Waals surface area contributed by atoms with Gasteiger partial charge in [-0.1, -0.05) is 38.1 Å². The average molecular weight is 492 g/mol. The number of nitrogens with zero attached hydrogens (tertiary/aromatic N) is 1. The van der Waals surface area contributed by atoms with Gasteiger partial charge in [-0.05, 0) is 85.4 Å². The number of fused-ring (bicyclic) bond motifs is 1. The van der Waals surface area contributed by atoms with Crippen LogP contribution >= 0.6 is 11.8 Å². The molecule has 2 N–H and O–H groups in total. The molecular weight excluding hydrogens is 458 g/mol. The number of likely N-dealkylation sites (tertiary alicyclic amines) is 1. The maximum atomic E-state index is 9.97. The van der Waals surface area contributed by atoms with Crippen molar-refractivity contribution >= 4 is 11.8 Å². The minimum Gasteiger partial charge on any atom is -0.508 e. The van der Waals surface area contributed by atoms with Crippen LogP contribution in [0, 0.1) is 5.92 Å². The van der Waals surface area contributed by atoms with Gasteiger partial charge in [-0.15, -0.1) is 11.8 Å². The van der Waals surface area contributed by atoms with Gasteiger partial charge in [0, 0.05) is 6.04 Å². The Morgan fingerprint density at radius 3 is 2.26 bits per heavy atom. The standard InChI is InChI=1S/C29H33NO4S/c1-19(2)25(30-15-3-4-16-30)18-33-24-12-7-20(8-13-24)28-29(21-5-9-22(31)10-6-21)35-27-17-23(32)11-14-26(27)34-28/h5-14,17,19,25,28-29,31-32H,3-4,15-16,18H2,1-2H3/t25-,28+,29-/m1/s1. The molecular formula is C29H33NO4S. The van der Waals surface area contributed by atoms with Crippen molar-refractivity contribution < 1.29 is 19.7 Å². The minimum absolute atomic E-state index is 0.0304. The van der Waals surface area contributed by atoms with Gasteiger partial charge in [0.05, 0.1) is 10.1 Å². The van der Waals surface area contributed by atoms with Crippen LogP contribution in [-0.2, 0) is 0 Å². The second-order valence-electron chi connectivity index (χ2n) is 9.73. The molecule has 0 aromatic heterocycles. The van der Waals surface area contributed by atoms with E-state index in [-0.39, 0.29) is 22.9 Å². The SMILES string of the molecule is CC(C)[C@@H](COc1ccc([C@@H]2Oc3ccc(O)cc3S[C@@H]2c2ccc(O)cc2)cc1)N1CCCC1.